The van der Waals surface area contributed by atoms with Gasteiger partial charge in [0.2, 0.25) is 15.9 Å². The Hall–Kier alpha value is -2.04. The van der Waals surface area contributed by atoms with Gasteiger partial charge in [-0.2, -0.15) is 0 Å². The summed E-state index contributed by atoms with van der Waals surface area (Å²) in [5.74, 6) is -2.06. The lowest BCUT2D eigenvalue weighted by Gasteiger charge is -2.37. The lowest BCUT2D eigenvalue weighted by molar-refractivity contribution is -0.123. The van der Waals surface area contributed by atoms with Gasteiger partial charge in [0.1, 0.15) is 11.2 Å². The highest BCUT2D eigenvalue weighted by Crippen LogP contribution is 2.57. The maximum Gasteiger partial charge on any atom is 0.237 e. The van der Waals surface area contributed by atoms with Crippen molar-refractivity contribution in [1.29, 1.82) is 0 Å². The highest BCUT2D eigenvalue weighted by molar-refractivity contribution is 7.88. The van der Waals surface area contributed by atoms with Gasteiger partial charge < -0.3 is 10.6 Å². The topological polar surface area (TPSA) is 104 Å². The normalized spacial score (nSPS) is 31.0. The number of Topliss-reactive ketones (excluding diaryl/α,β-unsaturated/α-hetero) is 1. The van der Waals surface area contributed by atoms with Crippen LogP contribution in [-0.4, -0.2) is 44.0 Å². The van der Waals surface area contributed by atoms with Crippen molar-refractivity contribution in [3.8, 4) is 0 Å². The first-order valence-electron chi connectivity index (χ1n) is 14.3. The van der Waals surface area contributed by atoms with Crippen molar-refractivity contribution in [2.24, 2.45) is 11.3 Å². The molecule has 2 aliphatic heterocycles. The number of carbonyl (C=O) groups is 2. The van der Waals surface area contributed by atoms with E-state index in [1.807, 2.05) is 6.92 Å². The van der Waals surface area contributed by atoms with Gasteiger partial charge in [-0.15, -0.1) is 0 Å². The minimum Gasteiger partial charge on any atom is -0.325 e. The Kier molecular flexibility index (Phi) is 8.10. The molecule has 0 radical (unpaired) electrons. The fraction of sp³-hybridized carbons (Fsp3) is 0.548. The van der Waals surface area contributed by atoms with Crippen molar-refractivity contribution >= 4 is 50.6 Å². The van der Waals surface area contributed by atoms with E-state index in [1.54, 1.807) is 30.3 Å². The van der Waals surface area contributed by atoms with Crippen LogP contribution in [0.25, 0.3) is 0 Å². The van der Waals surface area contributed by atoms with Crippen molar-refractivity contribution < 1.29 is 22.4 Å². The molecular weight excluding hydrogens is 600 g/mol. The van der Waals surface area contributed by atoms with Crippen molar-refractivity contribution in [3.05, 3.63) is 63.4 Å². The fourth-order valence-electron chi connectivity index (χ4n) is 7.69. The molecule has 1 amide bonds. The first-order chi connectivity index (χ1) is 19.4. The maximum absolute atomic E-state index is 15.9. The van der Waals surface area contributed by atoms with Gasteiger partial charge in [0, 0.05) is 34.6 Å². The predicted molar refractivity (Wildman–Crippen MR) is 164 cm³/mol. The largest absolute Gasteiger partial charge is 0.325 e. The monoisotopic (exact) mass is 637 g/mol. The highest BCUT2D eigenvalue weighted by Gasteiger charge is 2.66. The van der Waals surface area contributed by atoms with Crippen LogP contribution < -0.4 is 15.4 Å². The summed E-state index contributed by atoms with van der Waals surface area (Å²) in [6.45, 7) is 8.05. The Morgan fingerprint density at radius 1 is 1.19 bits per heavy atom. The molecule has 1 saturated heterocycles. The van der Waals surface area contributed by atoms with E-state index in [2.05, 4.69) is 36.1 Å². The molecule has 228 valence electrons. The number of anilines is 1. The summed E-state index contributed by atoms with van der Waals surface area (Å²) in [6.07, 6.45) is 3.63. The number of ketones is 1. The van der Waals surface area contributed by atoms with Gasteiger partial charge in [-0.1, -0.05) is 62.2 Å². The molecule has 6 atom stereocenters. The molecular formula is C31H38Cl2FN3O4S. The Morgan fingerprint density at radius 2 is 1.90 bits per heavy atom. The third kappa shape index (κ3) is 5.75. The molecule has 3 aliphatic rings. The number of sulfonamides is 1. The average Bonchev–Trinajstić information content (AvgIpc) is 3.46. The van der Waals surface area contributed by atoms with Crippen LogP contribution in [0.4, 0.5) is 10.1 Å². The predicted octanol–water partition coefficient (Wildman–Crippen LogP) is 5.95. The number of hydrogen-bond acceptors (Lipinski definition) is 5. The number of rotatable bonds is 7. The van der Waals surface area contributed by atoms with Gasteiger partial charge in [-0.05, 0) is 73.3 Å². The minimum absolute atomic E-state index is 0.0653. The average molecular weight is 639 g/mol. The second-order valence-corrected chi connectivity index (χ2v) is 16.4. The number of nitrogens with one attached hydrogen (secondary N) is 3. The van der Waals surface area contributed by atoms with E-state index in [0.29, 0.717) is 42.0 Å². The molecule has 2 fully saturated rings. The summed E-state index contributed by atoms with van der Waals surface area (Å²) < 4.78 is 42.6. The Bertz CT molecular complexity index is 1550. The van der Waals surface area contributed by atoms with Crippen molar-refractivity contribution in [3.63, 3.8) is 0 Å². The van der Waals surface area contributed by atoms with Gasteiger partial charge in [0.25, 0.3) is 0 Å². The van der Waals surface area contributed by atoms with Crippen molar-refractivity contribution in [1.82, 2.24) is 10.0 Å². The summed E-state index contributed by atoms with van der Waals surface area (Å²) in [4.78, 5) is 28.5. The van der Waals surface area contributed by atoms with E-state index in [9.17, 15) is 18.0 Å². The van der Waals surface area contributed by atoms with Gasteiger partial charge in [-0.3, -0.25) is 9.59 Å². The zero-order valence-electron chi connectivity index (χ0n) is 24.5. The van der Waals surface area contributed by atoms with Crippen LogP contribution in [0.3, 0.4) is 0 Å². The molecule has 42 heavy (non-hydrogen) atoms. The lowest BCUT2D eigenvalue weighted by Crippen LogP contribution is -2.49. The summed E-state index contributed by atoms with van der Waals surface area (Å²) in [6, 6.07) is 8.52. The SMILES string of the molecule is CC(C)(C)C[C@H]1N[C@@H](C(=O)C[C@H]2CC[C@@](C)(NS(C)(=O)=O)C2)[C@H](c2cccc(Cl)c2F)[C@@]12C(=O)Nc1cc(Cl)ccc12. The maximum atomic E-state index is 15.9. The van der Waals surface area contributed by atoms with Gasteiger partial charge in [0.15, 0.2) is 5.78 Å². The van der Waals surface area contributed by atoms with Crippen LogP contribution in [0, 0.1) is 17.2 Å². The molecule has 1 spiro atoms. The molecule has 0 aromatic heterocycles. The van der Waals surface area contributed by atoms with E-state index in [4.69, 9.17) is 23.2 Å². The molecule has 0 bridgehead atoms. The molecule has 7 nitrogen and oxygen atoms in total. The first-order valence-corrected chi connectivity index (χ1v) is 16.9. The summed E-state index contributed by atoms with van der Waals surface area (Å²) in [5.41, 5.74) is -0.755. The third-order valence-corrected chi connectivity index (χ3v) is 10.4. The Labute approximate surface area is 257 Å². The van der Waals surface area contributed by atoms with E-state index in [0.717, 1.165) is 6.26 Å². The second-order valence-electron chi connectivity index (χ2n) is 13.8. The van der Waals surface area contributed by atoms with Crippen molar-refractivity contribution in [2.75, 3.05) is 11.6 Å². The number of halogens is 3. The Balaban J connectivity index is 1.61. The molecule has 1 saturated carbocycles. The summed E-state index contributed by atoms with van der Waals surface area (Å²) >= 11 is 12.6. The molecule has 11 heteroatoms. The zero-order chi connectivity index (χ0) is 30.8. The number of amides is 1. The number of fused-ring (bicyclic) bond motifs is 2. The summed E-state index contributed by atoms with van der Waals surface area (Å²) in [5, 5.41) is 6.89. The van der Waals surface area contributed by atoms with Crippen LogP contribution in [-0.2, 0) is 25.0 Å². The molecule has 1 aliphatic carbocycles. The van der Waals surface area contributed by atoms with Crippen LogP contribution in [0.1, 0.15) is 76.8 Å². The standard InChI is InChI=1S/C31H38Cl2FN3O4S/c1-29(2,3)16-24-31(20-10-9-18(32)14-22(20)35-28(31)39)25(19-7-6-8-21(33)26(19)34)27(36-24)23(38)13-17-11-12-30(4,15-17)37-42(5,40)41/h6-10,14,17,24-25,27,36-37H,11-13,15-16H2,1-5H3,(H,35,39)/t17-,24-,25+,27+,30-,31+/m1/s1. The minimum atomic E-state index is -3.42. The van der Waals surface area contributed by atoms with Crippen LogP contribution in [0.2, 0.25) is 10.0 Å². The molecule has 5 rings (SSSR count). The molecule has 2 aromatic carbocycles. The lowest BCUT2D eigenvalue weighted by atomic mass is 9.62. The highest BCUT2D eigenvalue weighted by atomic mass is 35.5. The number of hydrogen-bond donors (Lipinski definition) is 3. The zero-order valence-corrected chi connectivity index (χ0v) is 26.8. The van der Waals surface area contributed by atoms with Crippen LogP contribution >= 0.6 is 23.2 Å². The Morgan fingerprint density at radius 3 is 2.57 bits per heavy atom. The van der Waals surface area contributed by atoms with Crippen LogP contribution in [0.15, 0.2) is 36.4 Å². The third-order valence-electron chi connectivity index (χ3n) is 9.05. The molecule has 3 N–H and O–H groups in total. The number of benzene rings is 2. The second kappa shape index (κ2) is 10.8. The van der Waals surface area contributed by atoms with E-state index in [-0.39, 0.29) is 40.0 Å². The van der Waals surface area contributed by atoms with E-state index in [1.165, 1.54) is 6.07 Å². The molecule has 2 aromatic rings. The summed E-state index contributed by atoms with van der Waals surface area (Å²) in [7, 11) is -3.42. The van der Waals surface area contributed by atoms with Crippen LogP contribution in [0.5, 0.6) is 0 Å². The van der Waals surface area contributed by atoms with Gasteiger partial charge >= 0.3 is 0 Å². The quantitative estimate of drug-likeness (QED) is 0.348. The van der Waals surface area contributed by atoms with Gasteiger partial charge in [-0.25, -0.2) is 17.5 Å². The smallest absolute Gasteiger partial charge is 0.237 e. The van der Waals surface area contributed by atoms with Crippen molar-refractivity contribution in [2.45, 2.75) is 88.8 Å². The van der Waals surface area contributed by atoms with Gasteiger partial charge in [0.05, 0.1) is 17.3 Å². The first kappa shape index (κ1) is 31.4. The molecule has 0 unspecified atom stereocenters. The molecule has 2 heterocycles. The van der Waals surface area contributed by atoms with E-state index >= 15 is 4.39 Å². The fourth-order valence-corrected chi connectivity index (χ4v) is 9.13. The van der Waals surface area contributed by atoms with E-state index < -0.39 is 44.8 Å². The number of carbonyl (C=O) groups excluding carboxylic acids is 2.